The lowest BCUT2D eigenvalue weighted by Gasteiger charge is -2.38. The first-order valence-corrected chi connectivity index (χ1v) is 15.5. The number of aromatic nitrogens is 4. The molecular weight excluding hydrogens is 553 g/mol. The van der Waals surface area contributed by atoms with Gasteiger partial charge in [-0.2, -0.15) is 4.98 Å². The minimum absolute atomic E-state index is 0.224. The molecule has 5 heterocycles. The maximum Gasteiger partial charge on any atom is 0.260 e. The van der Waals surface area contributed by atoms with Crippen LogP contribution in [0.25, 0.3) is 22.2 Å². The van der Waals surface area contributed by atoms with E-state index in [1.54, 1.807) is 35.2 Å². The van der Waals surface area contributed by atoms with E-state index in [1.165, 1.54) is 42.8 Å². The van der Waals surface area contributed by atoms with E-state index in [2.05, 4.69) is 49.4 Å². The molecular formula is C35H34FN7O. The molecule has 3 aromatic heterocycles. The first kappa shape index (κ1) is 27.0. The Morgan fingerprint density at radius 1 is 0.955 bits per heavy atom. The fourth-order valence-electron chi connectivity index (χ4n) is 6.85. The van der Waals surface area contributed by atoms with Gasteiger partial charge < -0.3 is 10.2 Å². The number of pyridine rings is 2. The van der Waals surface area contributed by atoms with E-state index in [0.29, 0.717) is 46.6 Å². The molecule has 1 saturated carbocycles. The maximum absolute atomic E-state index is 14.2. The lowest BCUT2D eigenvalue weighted by atomic mass is 10.0. The van der Waals surface area contributed by atoms with Crippen molar-refractivity contribution in [3.63, 3.8) is 0 Å². The topological polar surface area (TPSA) is 79.2 Å². The van der Waals surface area contributed by atoms with Crippen LogP contribution in [0.3, 0.4) is 0 Å². The van der Waals surface area contributed by atoms with Crippen molar-refractivity contribution in [3.8, 4) is 11.1 Å². The van der Waals surface area contributed by atoms with Crippen LogP contribution in [-0.4, -0.2) is 56.6 Å². The number of rotatable bonds is 7. The predicted octanol–water partition coefficient (Wildman–Crippen LogP) is 5.95. The lowest BCUT2D eigenvalue weighted by molar-refractivity contribution is 0.231. The molecule has 2 aromatic carbocycles. The molecule has 3 fully saturated rings. The van der Waals surface area contributed by atoms with Gasteiger partial charge >= 0.3 is 0 Å². The zero-order valence-corrected chi connectivity index (χ0v) is 24.5. The molecule has 5 aromatic rings. The number of nitrogens with one attached hydrogen (secondary N) is 1. The summed E-state index contributed by atoms with van der Waals surface area (Å²) in [5.41, 5.74) is 5.56. The van der Waals surface area contributed by atoms with Gasteiger partial charge in [-0.25, -0.2) is 9.37 Å². The maximum atomic E-state index is 14.2. The molecule has 1 N–H and O–H groups in total. The lowest BCUT2D eigenvalue weighted by Crippen LogP contribution is -2.50. The number of halogens is 1. The molecule has 2 saturated heterocycles. The van der Waals surface area contributed by atoms with Crippen LogP contribution in [0.2, 0.25) is 0 Å². The van der Waals surface area contributed by atoms with Crippen LogP contribution >= 0.6 is 0 Å². The molecule has 0 spiro atoms. The normalized spacial score (nSPS) is 18.5. The molecule has 0 radical (unpaired) electrons. The first-order chi connectivity index (χ1) is 21.6. The standard InChI is InChI=1S/C35H34FN7O/c36-27-4-1-3-24(17-27)31-18-26-19-38-35(39-28-8-10-29(11-9-28)42-16-15-41-14-2-5-30(41)22-42)40-33(26)43(34(31)44)21-25-12-13-37-20-32(25)23-6-7-23/h1,3-4,8-13,17-20,23,30H,2,5-7,14-16,21-22H2,(H,38,39,40). The van der Waals surface area contributed by atoms with Crippen molar-refractivity contribution in [2.75, 3.05) is 36.4 Å². The minimum Gasteiger partial charge on any atom is -0.369 e. The third-order valence-electron chi connectivity index (χ3n) is 9.33. The van der Waals surface area contributed by atoms with Crippen molar-refractivity contribution < 1.29 is 4.39 Å². The molecule has 8 rings (SSSR count). The summed E-state index contributed by atoms with van der Waals surface area (Å²) in [7, 11) is 0. The third-order valence-corrected chi connectivity index (χ3v) is 9.33. The number of benzene rings is 2. The summed E-state index contributed by atoms with van der Waals surface area (Å²) < 4.78 is 15.9. The fourth-order valence-corrected chi connectivity index (χ4v) is 6.85. The van der Waals surface area contributed by atoms with Crippen molar-refractivity contribution in [2.45, 2.75) is 44.2 Å². The van der Waals surface area contributed by atoms with E-state index in [1.807, 2.05) is 12.3 Å². The smallest absolute Gasteiger partial charge is 0.260 e. The van der Waals surface area contributed by atoms with E-state index in [9.17, 15) is 9.18 Å². The van der Waals surface area contributed by atoms with E-state index in [-0.39, 0.29) is 11.4 Å². The second-order valence-electron chi connectivity index (χ2n) is 12.2. The van der Waals surface area contributed by atoms with Gasteiger partial charge in [0.05, 0.1) is 6.54 Å². The summed E-state index contributed by atoms with van der Waals surface area (Å²) >= 11 is 0. The Morgan fingerprint density at radius 2 is 1.84 bits per heavy atom. The highest BCUT2D eigenvalue weighted by Gasteiger charge is 2.30. The SMILES string of the molecule is O=c1c(-c2cccc(F)c2)cc2cnc(Nc3ccc(N4CCN5CCCC5C4)cc3)nc2n1Cc1ccncc1C1CC1. The molecule has 44 heavy (non-hydrogen) atoms. The monoisotopic (exact) mass is 587 g/mol. The summed E-state index contributed by atoms with van der Waals surface area (Å²) in [6.07, 6.45) is 10.3. The molecule has 0 amide bonds. The van der Waals surface area contributed by atoms with Gasteiger partial charge in [-0.15, -0.1) is 0 Å². The Balaban J connectivity index is 1.13. The van der Waals surface area contributed by atoms with Crippen LogP contribution < -0.4 is 15.8 Å². The molecule has 1 atom stereocenters. The van der Waals surface area contributed by atoms with Crippen molar-refractivity contribution in [1.82, 2.24) is 24.4 Å². The fraction of sp³-hybridized carbons (Fsp3) is 0.314. The van der Waals surface area contributed by atoms with E-state index in [4.69, 9.17) is 4.98 Å². The number of hydrogen-bond donors (Lipinski definition) is 1. The molecule has 2 aliphatic heterocycles. The number of nitrogens with zero attached hydrogens (tertiary/aromatic N) is 6. The summed E-state index contributed by atoms with van der Waals surface area (Å²) in [4.78, 5) is 33.0. The number of hydrogen-bond acceptors (Lipinski definition) is 7. The zero-order chi connectivity index (χ0) is 29.6. The van der Waals surface area contributed by atoms with Gasteiger partial charge in [-0.1, -0.05) is 12.1 Å². The van der Waals surface area contributed by atoms with Crippen molar-refractivity contribution in [3.05, 3.63) is 107 Å². The van der Waals surface area contributed by atoms with Gasteiger partial charge in [0.2, 0.25) is 5.95 Å². The van der Waals surface area contributed by atoms with Crippen LogP contribution in [-0.2, 0) is 6.54 Å². The van der Waals surface area contributed by atoms with Gasteiger partial charge in [0.1, 0.15) is 11.5 Å². The van der Waals surface area contributed by atoms with Crippen molar-refractivity contribution in [2.24, 2.45) is 0 Å². The quantitative estimate of drug-likeness (QED) is 0.252. The summed E-state index contributed by atoms with van der Waals surface area (Å²) in [5.74, 6) is 0.499. The minimum atomic E-state index is -0.388. The Labute approximate surface area is 255 Å². The van der Waals surface area contributed by atoms with E-state index >= 15 is 0 Å². The molecule has 1 aliphatic carbocycles. The van der Waals surface area contributed by atoms with Crippen LogP contribution in [0, 0.1) is 5.82 Å². The second kappa shape index (κ2) is 11.1. The largest absolute Gasteiger partial charge is 0.369 e. The summed E-state index contributed by atoms with van der Waals surface area (Å²) in [5, 5.41) is 4.05. The zero-order valence-electron chi connectivity index (χ0n) is 24.5. The molecule has 1 unspecified atom stereocenters. The third kappa shape index (κ3) is 5.21. The van der Waals surface area contributed by atoms with Gasteiger partial charge in [0.15, 0.2) is 0 Å². The van der Waals surface area contributed by atoms with Crippen LogP contribution in [0.1, 0.15) is 42.7 Å². The first-order valence-electron chi connectivity index (χ1n) is 15.5. The summed E-state index contributed by atoms with van der Waals surface area (Å²) in [6, 6.07) is 19.0. The van der Waals surface area contributed by atoms with Gasteiger partial charge in [0.25, 0.3) is 5.56 Å². The predicted molar refractivity (Wildman–Crippen MR) is 171 cm³/mol. The van der Waals surface area contributed by atoms with E-state index in [0.717, 1.165) is 43.7 Å². The van der Waals surface area contributed by atoms with Gasteiger partial charge in [-0.05, 0) is 103 Å². The highest BCUT2D eigenvalue weighted by atomic mass is 19.1. The van der Waals surface area contributed by atoms with E-state index < -0.39 is 0 Å². The van der Waals surface area contributed by atoms with Gasteiger partial charge in [0, 0.05) is 66.6 Å². The van der Waals surface area contributed by atoms with Gasteiger partial charge in [-0.3, -0.25) is 19.2 Å². The molecule has 3 aliphatic rings. The average molecular weight is 588 g/mol. The van der Waals surface area contributed by atoms with Crippen molar-refractivity contribution in [1.29, 1.82) is 0 Å². The average Bonchev–Trinajstić information content (AvgIpc) is 3.79. The Bertz CT molecular complexity index is 1900. The second-order valence-corrected chi connectivity index (χ2v) is 12.2. The number of anilines is 3. The molecule has 9 heteroatoms. The Kier molecular flexibility index (Phi) is 6.82. The van der Waals surface area contributed by atoms with Crippen LogP contribution in [0.4, 0.5) is 21.7 Å². The highest BCUT2D eigenvalue weighted by molar-refractivity contribution is 5.82. The van der Waals surface area contributed by atoms with Crippen LogP contribution in [0.5, 0.6) is 0 Å². The Morgan fingerprint density at radius 3 is 2.68 bits per heavy atom. The molecule has 222 valence electrons. The highest BCUT2D eigenvalue weighted by Crippen LogP contribution is 2.41. The van der Waals surface area contributed by atoms with Crippen LogP contribution in [0.15, 0.2) is 84.0 Å². The number of fused-ring (bicyclic) bond motifs is 2. The molecule has 0 bridgehead atoms. The Hall–Kier alpha value is -4.63. The van der Waals surface area contributed by atoms with Crippen molar-refractivity contribution >= 4 is 28.4 Å². The summed E-state index contributed by atoms with van der Waals surface area (Å²) in [6.45, 7) is 4.82. The molecule has 8 nitrogen and oxygen atoms in total. The number of piperazine rings is 1.